The summed E-state index contributed by atoms with van der Waals surface area (Å²) in [5.74, 6) is 0. The Morgan fingerprint density at radius 1 is 0.971 bits per heavy atom. The number of nitriles is 2. The number of nitrogens with zero attached hydrogens (tertiary/aromatic N) is 7. The van der Waals surface area contributed by atoms with Crippen LogP contribution in [0.15, 0.2) is 52.6 Å². The van der Waals surface area contributed by atoms with Crippen LogP contribution in [0.3, 0.4) is 0 Å². The molecule has 7 nitrogen and oxygen atoms in total. The second kappa shape index (κ2) is 8.98. The van der Waals surface area contributed by atoms with Crippen molar-refractivity contribution in [2.24, 2.45) is 0 Å². The van der Waals surface area contributed by atoms with E-state index in [-0.39, 0.29) is 0 Å². The first-order valence-electron chi connectivity index (χ1n) is 11.3. The number of piperidine rings is 1. The molecule has 0 spiro atoms. The molecule has 0 bridgehead atoms. The van der Waals surface area contributed by atoms with E-state index in [1.165, 1.54) is 11.8 Å². The lowest BCUT2D eigenvalue weighted by Gasteiger charge is -2.29. The third-order valence-electron chi connectivity index (χ3n) is 6.56. The van der Waals surface area contributed by atoms with Gasteiger partial charge in [0.1, 0.15) is 12.1 Å². The topological polar surface area (TPSA) is 85.9 Å². The minimum Gasteiger partial charge on any atom is -0.306 e. The molecule has 0 aliphatic carbocycles. The maximum atomic E-state index is 9.67. The summed E-state index contributed by atoms with van der Waals surface area (Å²) in [6.07, 6.45) is 7.67. The maximum absolute atomic E-state index is 9.67. The Balaban J connectivity index is 1.60. The van der Waals surface area contributed by atoms with Gasteiger partial charge in [0, 0.05) is 32.8 Å². The van der Waals surface area contributed by atoms with Crippen molar-refractivity contribution in [3.8, 4) is 23.3 Å². The first kappa shape index (κ1) is 22.2. The van der Waals surface area contributed by atoms with E-state index in [1.807, 2.05) is 37.5 Å². The fraction of sp³-hybridized carbons (Fsp3) is 0.308. The highest BCUT2D eigenvalue weighted by Gasteiger charge is 2.23. The van der Waals surface area contributed by atoms with Crippen molar-refractivity contribution in [3.05, 3.63) is 65.2 Å². The number of likely N-dealkylation sites (tertiary alicyclic amines) is 1. The molecule has 0 unspecified atom stereocenters. The van der Waals surface area contributed by atoms with Crippen LogP contribution < -0.4 is 0 Å². The molecule has 1 aliphatic heterocycles. The van der Waals surface area contributed by atoms with Crippen LogP contribution in [-0.4, -0.2) is 44.4 Å². The van der Waals surface area contributed by atoms with E-state index in [0.717, 1.165) is 63.6 Å². The summed E-state index contributed by atoms with van der Waals surface area (Å²) in [4.78, 5) is 4.10. The summed E-state index contributed by atoms with van der Waals surface area (Å²) in [7, 11) is 2.16. The minimum atomic E-state index is 0.406. The van der Waals surface area contributed by atoms with Crippen molar-refractivity contribution in [2.45, 2.75) is 42.5 Å². The van der Waals surface area contributed by atoms with Crippen LogP contribution in [0.2, 0.25) is 0 Å². The fourth-order valence-electron chi connectivity index (χ4n) is 4.64. The number of hydrogen-bond donors (Lipinski definition) is 0. The highest BCUT2D eigenvalue weighted by Crippen LogP contribution is 2.38. The maximum Gasteiger partial charge on any atom is 0.103 e. The molecule has 5 rings (SSSR count). The normalized spacial score (nSPS) is 14.9. The third kappa shape index (κ3) is 3.96. The molecule has 0 amide bonds. The number of aryl methyl sites for hydroxylation is 1. The number of pyridine rings is 1. The van der Waals surface area contributed by atoms with Crippen LogP contribution in [0.5, 0.6) is 0 Å². The molecule has 1 fully saturated rings. The molecule has 0 saturated carbocycles. The Kier molecular flexibility index (Phi) is 5.87. The van der Waals surface area contributed by atoms with Crippen molar-refractivity contribution in [1.82, 2.24) is 24.3 Å². The van der Waals surface area contributed by atoms with Gasteiger partial charge in [-0.15, -0.1) is 0 Å². The van der Waals surface area contributed by atoms with E-state index >= 15 is 0 Å². The Labute approximate surface area is 203 Å². The smallest absolute Gasteiger partial charge is 0.103 e. The third-order valence-corrected chi connectivity index (χ3v) is 7.67. The zero-order valence-corrected chi connectivity index (χ0v) is 20.3. The zero-order valence-electron chi connectivity index (χ0n) is 19.5. The number of rotatable bonds is 4. The first-order chi connectivity index (χ1) is 16.5. The van der Waals surface area contributed by atoms with E-state index in [9.17, 15) is 10.5 Å². The van der Waals surface area contributed by atoms with Gasteiger partial charge in [0.15, 0.2) is 0 Å². The van der Waals surface area contributed by atoms with Crippen molar-refractivity contribution < 1.29 is 0 Å². The average molecular weight is 468 g/mol. The van der Waals surface area contributed by atoms with E-state index in [0.29, 0.717) is 17.2 Å². The van der Waals surface area contributed by atoms with Crippen LogP contribution in [0.4, 0.5) is 0 Å². The summed E-state index contributed by atoms with van der Waals surface area (Å²) >= 11 is 1.49. The summed E-state index contributed by atoms with van der Waals surface area (Å²) in [6, 6.07) is 12.9. The van der Waals surface area contributed by atoms with Crippen LogP contribution in [-0.2, 0) is 0 Å². The number of aromatic nitrogens is 4. The lowest BCUT2D eigenvalue weighted by molar-refractivity contribution is 0.210. The van der Waals surface area contributed by atoms with Gasteiger partial charge in [0.25, 0.3) is 0 Å². The van der Waals surface area contributed by atoms with Crippen molar-refractivity contribution >= 4 is 17.3 Å². The molecule has 4 aromatic rings. The molecule has 0 radical (unpaired) electrons. The van der Waals surface area contributed by atoms with Gasteiger partial charge in [-0.25, -0.2) is 4.52 Å². The van der Waals surface area contributed by atoms with Gasteiger partial charge < -0.3 is 4.90 Å². The van der Waals surface area contributed by atoms with E-state index in [1.54, 1.807) is 10.7 Å². The van der Waals surface area contributed by atoms with Crippen LogP contribution in [0, 0.1) is 36.5 Å². The van der Waals surface area contributed by atoms with E-state index in [4.69, 9.17) is 5.10 Å². The van der Waals surface area contributed by atoms with Gasteiger partial charge in [-0.2, -0.15) is 20.7 Å². The van der Waals surface area contributed by atoms with E-state index in [2.05, 4.69) is 46.9 Å². The highest BCUT2D eigenvalue weighted by molar-refractivity contribution is 7.99. The van der Waals surface area contributed by atoms with Crippen LogP contribution >= 0.6 is 11.8 Å². The Morgan fingerprint density at radius 3 is 2.47 bits per heavy atom. The fourth-order valence-corrected chi connectivity index (χ4v) is 5.72. The summed E-state index contributed by atoms with van der Waals surface area (Å²) in [5, 5.41) is 28.5. The molecule has 0 N–H and O–H groups in total. The SMILES string of the molecule is Cc1ccc(Sc2cc(-c3cnn(C4CCN(C)CC4)c3C)cn3ncc(C#N)c23)c(C#N)c1. The average Bonchev–Trinajstić information content (AvgIpc) is 3.44. The predicted octanol–water partition coefficient (Wildman–Crippen LogP) is 4.98. The molecular weight excluding hydrogens is 442 g/mol. The molecular formula is C26H25N7S. The molecule has 170 valence electrons. The Bertz CT molecular complexity index is 1460. The Morgan fingerprint density at radius 2 is 1.74 bits per heavy atom. The number of hydrogen-bond acceptors (Lipinski definition) is 6. The molecule has 1 saturated heterocycles. The summed E-state index contributed by atoms with van der Waals surface area (Å²) < 4.78 is 3.93. The lowest BCUT2D eigenvalue weighted by atomic mass is 10.0. The quantitative estimate of drug-likeness (QED) is 0.421. The molecule has 0 atom stereocenters. The van der Waals surface area contributed by atoms with Crippen molar-refractivity contribution in [3.63, 3.8) is 0 Å². The van der Waals surface area contributed by atoms with Crippen molar-refractivity contribution in [1.29, 1.82) is 10.5 Å². The molecule has 8 heteroatoms. The largest absolute Gasteiger partial charge is 0.306 e. The van der Waals surface area contributed by atoms with Crippen LogP contribution in [0.25, 0.3) is 16.6 Å². The van der Waals surface area contributed by atoms with Gasteiger partial charge in [0.2, 0.25) is 0 Å². The van der Waals surface area contributed by atoms with E-state index < -0.39 is 0 Å². The minimum absolute atomic E-state index is 0.406. The standard InChI is InChI=1S/C26H25N7S/c1-17-4-5-24(19(10-17)12-27)34-25-11-20(16-32-26(25)21(13-28)14-29-32)23-15-30-33(18(23)2)22-6-8-31(3)9-7-22/h4-5,10-11,14-16,22H,6-9H2,1-3H3. The lowest BCUT2D eigenvalue weighted by Crippen LogP contribution is -2.32. The highest BCUT2D eigenvalue weighted by atomic mass is 32.2. The zero-order chi connectivity index (χ0) is 23.8. The predicted molar refractivity (Wildman–Crippen MR) is 132 cm³/mol. The number of benzene rings is 1. The van der Waals surface area contributed by atoms with Crippen LogP contribution in [0.1, 0.15) is 41.3 Å². The van der Waals surface area contributed by atoms with Gasteiger partial charge >= 0.3 is 0 Å². The molecule has 1 aliphatic rings. The summed E-state index contributed by atoms with van der Waals surface area (Å²) in [5.41, 5.74) is 6.10. The van der Waals surface area contributed by atoms with Gasteiger partial charge in [0.05, 0.1) is 35.1 Å². The molecule has 34 heavy (non-hydrogen) atoms. The second-order valence-corrected chi connectivity index (χ2v) is 9.98. The Hall–Kier alpha value is -3.59. The summed E-state index contributed by atoms with van der Waals surface area (Å²) in [6.45, 7) is 6.25. The van der Waals surface area contributed by atoms with Crippen molar-refractivity contribution in [2.75, 3.05) is 20.1 Å². The first-order valence-corrected chi connectivity index (χ1v) is 12.1. The second-order valence-electron chi connectivity index (χ2n) is 8.89. The number of fused-ring (bicyclic) bond motifs is 1. The van der Waals surface area contributed by atoms with Gasteiger partial charge in [-0.1, -0.05) is 17.8 Å². The molecule has 3 aromatic heterocycles. The van der Waals surface area contributed by atoms with Gasteiger partial charge in [-0.05, 0) is 70.6 Å². The van der Waals surface area contributed by atoms with Gasteiger partial charge in [-0.3, -0.25) is 4.68 Å². The monoisotopic (exact) mass is 467 g/mol. The molecule has 1 aromatic carbocycles. The molecule has 4 heterocycles.